The predicted molar refractivity (Wildman–Crippen MR) is 60.8 cm³/mol. The molecule has 0 radical (unpaired) electrons. The van der Waals surface area contributed by atoms with Crippen LogP contribution in [0.3, 0.4) is 0 Å². The van der Waals surface area contributed by atoms with Crippen LogP contribution in [0.5, 0.6) is 0 Å². The summed E-state index contributed by atoms with van der Waals surface area (Å²) in [5.74, 6) is 0. The molecule has 0 amide bonds. The lowest BCUT2D eigenvalue weighted by Crippen LogP contribution is -2.32. The SMILES string of the molecule is Cn1cc(C(C)(CN)c2nccs2)cn1. The van der Waals surface area contributed by atoms with E-state index in [1.165, 1.54) is 0 Å². The highest BCUT2D eigenvalue weighted by atomic mass is 32.1. The number of hydrogen-bond acceptors (Lipinski definition) is 4. The van der Waals surface area contributed by atoms with E-state index in [1.54, 1.807) is 16.0 Å². The number of nitrogens with zero attached hydrogens (tertiary/aromatic N) is 3. The van der Waals surface area contributed by atoms with Crippen LogP contribution >= 0.6 is 11.3 Å². The fourth-order valence-electron chi connectivity index (χ4n) is 1.53. The Morgan fingerprint density at radius 3 is 2.87 bits per heavy atom. The third-order valence-corrected chi connectivity index (χ3v) is 3.69. The number of aryl methyl sites for hydroxylation is 1. The molecule has 4 nitrogen and oxygen atoms in total. The van der Waals surface area contributed by atoms with Crippen molar-refractivity contribution >= 4 is 11.3 Å². The standard InChI is InChI=1S/C10H14N4S/c1-10(7-11,9-12-3-4-15-9)8-5-13-14(2)6-8/h3-6H,7,11H2,1-2H3. The highest BCUT2D eigenvalue weighted by Gasteiger charge is 2.31. The molecular formula is C10H14N4S. The first-order chi connectivity index (χ1) is 7.16. The third kappa shape index (κ3) is 1.68. The van der Waals surface area contributed by atoms with Crippen molar-refractivity contribution in [3.8, 4) is 0 Å². The topological polar surface area (TPSA) is 56.7 Å². The van der Waals surface area contributed by atoms with Gasteiger partial charge in [0.15, 0.2) is 0 Å². The summed E-state index contributed by atoms with van der Waals surface area (Å²) in [4.78, 5) is 4.35. The highest BCUT2D eigenvalue weighted by molar-refractivity contribution is 7.09. The van der Waals surface area contributed by atoms with Crippen LogP contribution in [-0.4, -0.2) is 21.3 Å². The van der Waals surface area contributed by atoms with E-state index in [-0.39, 0.29) is 5.41 Å². The molecule has 2 aromatic rings. The van der Waals surface area contributed by atoms with Crippen LogP contribution in [0.25, 0.3) is 0 Å². The van der Waals surface area contributed by atoms with Gasteiger partial charge >= 0.3 is 0 Å². The second-order valence-corrected chi connectivity index (χ2v) is 4.67. The molecule has 2 rings (SSSR count). The molecule has 0 aromatic carbocycles. The van der Waals surface area contributed by atoms with Crippen molar-refractivity contribution in [2.75, 3.05) is 6.54 Å². The van der Waals surface area contributed by atoms with Crippen molar-refractivity contribution < 1.29 is 0 Å². The van der Waals surface area contributed by atoms with Crippen LogP contribution in [0, 0.1) is 0 Å². The minimum absolute atomic E-state index is 0.220. The van der Waals surface area contributed by atoms with E-state index in [0.717, 1.165) is 10.6 Å². The summed E-state index contributed by atoms with van der Waals surface area (Å²) in [6.07, 6.45) is 5.66. The summed E-state index contributed by atoms with van der Waals surface area (Å²) < 4.78 is 1.79. The summed E-state index contributed by atoms with van der Waals surface area (Å²) in [6.45, 7) is 2.63. The van der Waals surface area contributed by atoms with Gasteiger partial charge in [0, 0.05) is 36.9 Å². The second kappa shape index (κ2) is 3.75. The van der Waals surface area contributed by atoms with Gasteiger partial charge in [0.05, 0.1) is 11.6 Å². The Kier molecular flexibility index (Phi) is 2.58. The van der Waals surface area contributed by atoms with Gasteiger partial charge in [-0.05, 0) is 6.92 Å². The van der Waals surface area contributed by atoms with E-state index < -0.39 is 0 Å². The van der Waals surface area contributed by atoms with E-state index in [1.807, 2.05) is 31.0 Å². The normalized spacial score (nSPS) is 15.1. The van der Waals surface area contributed by atoms with Gasteiger partial charge in [-0.2, -0.15) is 5.10 Å². The molecule has 0 fully saturated rings. The number of nitrogens with two attached hydrogens (primary N) is 1. The maximum atomic E-state index is 5.87. The molecule has 0 aliphatic heterocycles. The van der Waals surface area contributed by atoms with E-state index in [2.05, 4.69) is 17.0 Å². The van der Waals surface area contributed by atoms with Gasteiger partial charge in [0.25, 0.3) is 0 Å². The molecule has 2 N–H and O–H groups in total. The third-order valence-electron chi connectivity index (χ3n) is 2.65. The van der Waals surface area contributed by atoms with Gasteiger partial charge in [-0.3, -0.25) is 4.68 Å². The number of hydrogen-bond donors (Lipinski definition) is 1. The van der Waals surface area contributed by atoms with Crippen molar-refractivity contribution in [3.05, 3.63) is 34.5 Å². The lowest BCUT2D eigenvalue weighted by molar-refractivity contribution is 0.579. The largest absolute Gasteiger partial charge is 0.329 e. The van der Waals surface area contributed by atoms with Crippen molar-refractivity contribution in [1.29, 1.82) is 0 Å². The summed E-state index contributed by atoms with van der Waals surface area (Å²) in [6, 6.07) is 0. The van der Waals surface area contributed by atoms with Crippen LogP contribution in [0.2, 0.25) is 0 Å². The molecule has 0 saturated carbocycles. The van der Waals surface area contributed by atoms with Crippen molar-refractivity contribution in [2.45, 2.75) is 12.3 Å². The van der Waals surface area contributed by atoms with Crippen molar-refractivity contribution in [3.63, 3.8) is 0 Å². The fourth-order valence-corrected chi connectivity index (χ4v) is 2.36. The lowest BCUT2D eigenvalue weighted by Gasteiger charge is -2.23. The van der Waals surface area contributed by atoms with Crippen LogP contribution in [-0.2, 0) is 12.5 Å². The Hall–Kier alpha value is -1.20. The molecule has 0 spiro atoms. The van der Waals surface area contributed by atoms with E-state index in [0.29, 0.717) is 6.54 Å². The summed E-state index contributed by atoms with van der Waals surface area (Å²) in [5.41, 5.74) is 6.76. The average molecular weight is 222 g/mol. The Balaban J connectivity index is 2.46. The van der Waals surface area contributed by atoms with Crippen LogP contribution in [0.4, 0.5) is 0 Å². The monoisotopic (exact) mass is 222 g/mol. The molecule has 2 aromatic heterocycles. The number of thiazole rings is 1. The quantitative estimate of drug-likeness (QED) is 0.847. The fraction of sp³-hybridized carbons (Fsp3) is 0.400. The zero-order chi connectivity index (χ0) is 10.9. The predicted octanol–water partition coefficient (Wildman–Crippen LogP) is 1.14. The first kappa shape index (κ1) is 10.3. The molecule has 0 aliphatic rings. The van der Waals surface area contributed by atoms with E-state index in [9.17, 15) is 0 Å². The van der Waals surface area contributed by atoms with Crippen LogP contribution < -0.4 is 5.73 Å². The van der Waals surface area contributed by atoms with Gasteiger partial charge in [0.1, 0.15) is 5.01 Å². The van der Waals surface area contributed by atoms with Gasteiger partial charge in [-0.25, -0.2) is 4.98 Å². The average Bonchev–Trinajstić information content (AvgIpc) is 2.87. The molecule has 80 valence electrons. The van der Waals surface area contributed by atoms with Crippen LogP contribution in [0.15, 0.2) is 24.0 Å². The van der Waals surface area contributed by atoms with Crippen molar-refractivity contribution in [2.24, 2.45) is 12.8 Å². The maximum Gasteiger partial charge on any atom is 0.104 e. The van der Waals surface area contributed by atoms with E-state index in [4.69, 9.17) is 5.73 Å². The Bertz CT molecular complexity index is 434. The molecule has 0 aliphatic carbocycles. The first-order valence-electron chi connectivity index (χ1n) is 4.76. The van der Waals surface area contributed by atoms with Gasteiger partial charge in [-0.15, -0.1) is 11.3 Å². The zero-order valence-electron chi connectivity index (χ0n) is 8.84. The molecule has 0 saturated heterocycles. The van der Waals surface area contributed by atoms with Gasteiger partial charge in [0.2, 0.25) is 0 Å². The molecular weight excluding hydrogens is 208 g/mol. The lowest BCUT2D eigenvalue weighted by atomic mass is 9.85. The second-order valence-electron chi connectivity index (χ2n) is 3.78. The Morgan fingerprint density at radius 2 is 2.40 bits per heavy atom. The molecule has 0 bridgehead atoms. The molecule has 15 heavy (non-hydrogen) atoms. The maximum absolute atomic E-state index is 5.87. The Labute approximate surface area is 92.8 Å². The summed E-state index contributed by atoms with van der Waals surface area (Å²) in [7, 11) is 1.91. The number of aromatic nitrogens is 3. The molecule has 1 atom stereocenters. The minimum Gasteiger partial charge on any atom is -0.329 e. The van der Waals surface area contributed by atoms with Crippen LogP contribution in [0.1, 0.15) is 17.5 Å². The molecule has 5 heteroatoms. The number of rotatable bonds is 3. The minimum atomic E-state index is -0.220. The van der Waals surface area contributed by atoms with Crippen molar-refractivity contribution in [1.82, 2.24) is 14.8 Å². The zero-order valence-corrected chi connectivity index (χ0v) is 9.66. The summed E-state index contributed by atoms with van der Waals surface area (Å²) >= 11 is 1.63. The smallest absolute Gasteiger partial charge is 0.104 e. The van der Waals surface area contributed by atoms with Gasteiger partial charge in [-0.1, -0.05) is 0 Å². The van der Waals surface area contributed by atoms with E-state index >= 15 is 0 Å². The highest BCUT2D eigenvalue weighted by Crippen LogP contribution is 2.31. The summed E-state index contributed by atoms with van der Waals surface area (Å²) in [5, 5.41) is 7.19. The molecule has 1 unspecified atom stereocenters. The van der Waals surface area contributed by atoms with Gasteiger partial charge < -0.3 is 5.73 Å². The Morgan fingerprint density at radius 1 is 1.60 bits per heavy atom. The first-order valence-corrected chi connectivity index (χ1v) is 5.64. The molecule has 2 heterocycles.